The Labute approximate surface area is 259 Å². The van der Waals surface area contributed by atoms with E-state index in [0.717, 1.165) is 79.6 Å². The van der Waals surface area contributed by atoms with Crippen molar-refractivity contribution in [2.75, 3.05) is 48.0 Å². The maximum Gasteiger partial charge on any atom is 0.328 e. The molecule has 4 aromatic rings. The zero-order valence-electron chi connectivity index (χ0n) is 26.3. The van der Waals surface area contributed by atoms with Crippen LogP contribution in [0, 0.1) is 18.8 Å². The third-order valence-electron chi connectivity index (χ3n) is 9.96. The summed E-state index contributed by atoms with van der Waals surface area (Å²) in [6, 6.07) is 16.0. The fraction of sp³-hybridized carbons (Fsp3) is 0.486. The second kappa shape index (κ2) is 11.7. The molecule has 2 saturated heterocycles. The number of aromatic nitrogens is 4. The van der Waals surface area contributed by atoms with E-state index in [9.17, 15) is 4.79 Å². The molecule has 1 N–H and O–H groups in total. The van der Waals surface area contributed by atoms with Gasteiger partial charge in [0, 0.05) is 49.2 Å². The quantitative estimate of drug-likeness (QED) is 0.289. The van der Waals surface area contributed by atoms with Crippen LogP contribution in [0.3, 0.4) is 0 Å². The first-order valence-corrected chi connectivity index (χ1v) is 16.2. The number of ether oxygens (including phenoxy) is 1. The van der Waals surface area contributed by atoms with E-state index >= 15 is 0 Å². The highest BCUT2D eigenvalue weighted by Gasteiger charge is 2.44. The number of hydrogen-bond acceptors (Lipinski definition) is 8. The van der Waals surface area contributed by atoms with Crippen LogP contribution in [0.1, 0.15) is 68.0 Å². The summed E-state index contributed by atoms with van der Waals surface area (Å²) in [4.78, 5) is 39.6. The maximum atomic E-state index is 13.7. The Kier molecular flexibility index (Phi) is 7.64. The monoisotopic (exact) mass is 593 g/mol. The minimum absolute atomic E-state index is 0.292. The van der Waals surface area contributed by atoms with E-state index in [2.05, 4.69) is 82.9 Å². The van der Waals surface area contributed by atoms with Gasteiger partial charge in [0.05, 0.1) is 13.2 Å². The lowest BCUT2D eigenvalue weighted by atomic mass is 9.88. The zero-order valence-corrected chi connectivity index (χ0v) is 26.3. The molecule has 0 amide bonds. The van der Waals surface area contributed by atoms with Crippen molar-refractivity contribution >= 4 is 34.7 Å². The zero-order chi connectivity index (χ0) is 30.4. The number of benzene rings is 2. The van der Waals surface area contributed by atoms with Crippen LogP contribution in [0.15, 0.2) is 48.5 Å². The molecule has 230 valence electrons. The molecule has 9 heteroatoms. The lowest BCUT2D eigenvalue weighted by Crippen LogP contribution is -2.50. The van der Waals surface area contributed by atoms with Gasteiger partial charge in [-0.25, -0.2) is 4.79 Å². The summed E-state index contributed by atoms with van der Waals surface area (Å²) in [5, 5.41) is 1.13. The molecule has 0 bridgehead atoms. The largest absolute Gasteiger partial charge is 0.467 e. The third-order valence-corrected chi connectivity index (χ3v) is 9.96. The summed E-state index contributed by atoms with van der Waals surface area (Å²) in [5.41, 5.74) is 5.52. The Morgan fingerprint density at radius 1 is 0.818 bits per heavy atom. The number of fused-ring (bicyclic) bond motifs is 3. The summed E-state index contributed by atoms with van der Waals surface area (Å²) in [6.45, 7) is 10.4. The molecule has 2 fully saturated rings. The topological polar surface area (TPSA) is 90.5 Å². The number of nitrogens with one attached hydrogen (secondary N) is 1. The standard InChI is InChI=1S/C35H43N7O2/c1-22-9-11-25(12-10-22)31-30-27(26-7-5-6-8-28(26)36-30)21-29(32(43)44-4)42(31)35-38-33(40-17-13-23(2)14-18-40)37-34(39-35)41-19-15-24(3)16-20-41/h5-12,23-24,29,31,36H,13-21H2,1-4H3. The van der Waals surface area contributed by atoms with E-state index in [-0.39, 0.29) is 12.0 Å². The summed E-state index contributed by atoms with van der Waals surface area (Å²) in [7, 11) is 1.47. The number of H-pyrrole nitrogens is 1. The third kappa shape index (κ3) is 5.26. The van der Waals surface area contributed by atoms with Crippen LogP contribution in [0.2, 0.25) is 0 Å². The number of esters is 1. The summed E-state index contributed by atoms with van der Waals surface area (Å²) < 4.78 is 5.48. The second-order valence-corrected chi connectivity index (χ2v) is 13.1. The van der Waals surface area contributed by atoms with E-state index in [1.54, 1.807) is 0 Å². The fourth-order valence-corrected chi connectivity index (χ4v) is 7.11. The second-order valence-electron chi connectivity index (χ2n) is 13.1. The molecule has 5 heterocycles. The van der Waals surface area contributed by atoms with Gasteiger partial charge in [-0.1, -0.05) is 61.9 Å². The average Bonchev–Trinajstić information content (AvgIpc) is 3.43. The number of aromatic amines is 1. The molecule has 0 spiro atoms. The van der Waals surface area contributed by atoms with Crippen LogP contribution in [0.25, 0.3) is 10.9 Å². The van der Waals surface area contributed by atoms with Crippen molar-refractivity contribution in [2.24, 2.45) is 11.8 Å². The normalized spacial score (nSPS) is 21.5. The van der Waals surface area contributed by atoms with Crippen LogP contribution in [0.4, 0.5) is 17.8 Å². The van der Waals surface area contributed by atoms with E-state index in [4.69, 9.17) is 19.7 Å². The number of anilines is 3. The van der Waals surface area contributed by atoms with Crippen molar-refractivity contribution in [2.45, 2.75) is 65.0 Å². The van der Waals surface area contributed by atoms with Gasteiger partial charge in [-0.2, -0.15) is 15.0 Å². The SMILES string of the molecule is COC(=O)C1Cc2c([nH]c3ccccc23)C(c2ccc(C)cc2)N1c1nc(N2CCC(C)CC2)nc(N2CCC(C)CC2)n1. The molecule has 2 atom stereocenters. The summed E-state index contributed by atoms with van der Waals surface area (Å²) >= 11 is 0. The molecule has 2 aromatic heterocycles. The van der Waals surface area contributed by atoms with Crippen LogP contribution < -0.4 is 14.7 Å². The number of para-hydroxylation sites is 1. The number of aryl methyl sites for hydroxylation is 1. The highest BCUT2D eigenvalue weighted by Crippen LogP contribution is 2.43. The highest BCUT2D eigenvalue weighted by atomic mass is 16.5. The fourth-order valence-electron chi connectivity index (χ4n) is 7.11. The van der Waals surface area contributed by atoms with Crippen molar-refractivity contribution in [3.8, 4) is 0 Å². The van der Waals surface area contributed by atoms with E-state index in [1.807, 2.05) is 6.07 Å². The first-order chi connectivity index (χ1) is 21.4. The maximum absolute atomic E-state index is 13.7. The molecule has 0 radical (unpaired) electrons. The van der Waals surface area contributed by atoms with Crippen molar-refractivity contribution in [3.05, 3.63) is 70.9 Å². The first kappa shape index (κ1) is 28.6. The molecule has 2 aromatic carbocycles. The van der Waals surface area contributed by atoms with Gasteiger partial charge in [-0.05, 0) is 61.6 Å². The number of nitrogens with zero attached hydrogens (tertiary/aromatic N) is 6. The van der Waals surface area contributed by atoms with Crippen molar-refractivity contribution in [1.29, 1.82) is 0 Å². The molecule has 9 nitrogen and oxygen atoms in total. The number of carbonyl (C=O) groups excluding carboxylic acids is 1. The van der Waals surface area contributed by atoms with E-state index in [1.165, 1.54) is 12.7 Å². The lowest BCUT2D eigenvalue weighted by Gasteiger charge is -2.41. The van der Waals surface area contributed by atoms with Crippen LogP contribution in [-0.4, -0.2) is 65.2 Å². The first-order valence-electron chi connectivity index (χ1n) is 16.2. The van der Waals surface area contributed by atoms with Gasteiger partial charge in [0.2, 0.25) is 17.8 Å². The van der Waals surface area contributed by atoms with Gasteiger partial charge in [0.1, 0.15) is 6.04 Å². The van der Waals surface area contributed by atoms with Gasteiger partial charge in [-0.3, -0.25) is 0 Å². The van der Waals surface area contributed by atoms with Gasteiger partial charge in [0.25, 0.3) is 0 Å². The van der Waals surface area contributed by atoms with Gasteiger partial charge < -0.3 is 24.4 Å². The molecule has 3 aliphatic heterocycles. The van der Waals surface area contributed by atoms with Gasteiger partial charge in [-0.15, -0.1) is 0 Å². The van der Waals surface area contributed by atoms with E-state index in [0.29, 0.717) is 36.1 Å². The summed E-state index contributed by atoms with van der Waals surface area (Å²) in [6.07, 6.45) is 4.92. The molecule has 2 unspecified atom stereocenters. The van der Waals surface area contributed by atoms with Gasteiger partial charge in [0.15, 0.2) is 0 Å². The molecular formula is C35H43N7O2. The predicted octanol–water partition coefficient (Wildman–Crippen LogP) is 5.83. The number of piperidine rings is 2. The van der Waals surface area contributed by atoms with Crippen molar-refractivity contribution in [3.63, 3.8) is 0 Å². The predicted molar refractivity (Wildman–Crippen MR) is 174 cm³/mol. The molecule has 44 heavy (non-hydrogen) atoms. The van der Waals surface area contributed by atoms with Crippen molar-refractivity contribution < 1.29 is 9.53 Å². The Balaban J connectivity index is 1.42. The van der Waals surface area contributed by atoms with Crippen LogP contribution in [0.5, 0.6) is 0 Å². The summed E-state index contributed by atoms with van der Waals surface area (Å²) in [5.74, 6) is 3.00. The Morgan fingerprint density at radius 2 is 1.39 bits per heavy atom. The molecular weight excluding hydrogens is 550 g/mol. The van der Waals surface area contributed by atoms with E-state index < -0.39 is 6.04 Å². The smallest absolute Gasteiger partial charge is 0.328 e. The highest BCUT2D eigenvalue weighted by molar-refractivity contribution is 5.89. The Bertz CT molecular complexity index is 1590. The molecule has 0 aliphatic carbocycles. The number of hydrogen-bond donors (Lipinski definition) is 1. The molecule has 0 saturated carbocycles. The number of carbonyl (C=O) groups is 1. The minimum Gasteiger partial charge on any atom is -0.467 e. The van der Waals surface area contributed by atoms with Gasteiger partial charge >= 0.3 is 5.97 Å². The Hall–Kier alpha value is -4.14. The number of methoxy groups -OCH3 is 1. The average molecular weight is 594 g/mol. The van der Waals surface area contributed by atoms with Crippen LogP contribution in [-0.2, 0) is 16.0 Å². The van der Waals surface area contributed by atoms with Crippen LogP contribution >= 0.6 is 0 Å². The molecule has 3 aliphatic rings. The number of rotatable bonds is 5. The lowest BCUT2D eigenvalue weighted by molar-refractivity contribution is -0.142. The van der Waals surface area contributed by atoms with Crippen molar-refractivity contribution in [1.82, 2.24) is 19.9 Å². The minimum atomic E-state index is -0.608. The molecule has 7 rings (SSSR count). The Morgan fingerprint density at radius 3 is 1.98 bits per heavy atom.